The third-order valence-corrected chi connectivity index (χ3v) is 8.63. The van der Waals surface area contributed by atoms with Crippen LogP contribution in [0, 0.1) is 35.0 Å². The minimum absolute atomic E-state index is 0.182. The Morgan fingerprint density at radius 1 is 1.03 bits per heavy atom. The highest BCUT2D eigenvalue weighted by Crippen LogP contribution is 2.59. The molecule has 6 atom stereocenters. The van der Waals surface area contributed by atoms with E-state index in [0.29, 0.717) is 17.3 Å². The Hall–Kier alpha value is -1.08. The molecule has 0 amide bonds. The zero-order valence-corrected chi connectivity index (χ0v) is 19.6. The lowest BCUT2D eigenvalue weighted by atomic mass is 9.61. The topological polar surface area (TPSA) is 20.2 Å². The van der Waals surface area contributed by atoms with Crippen molar-refractivity contribution in [2.45, 2.75) is 92.1 Å². The Bertz CT molecular complexity index is 678. The lowest BCUT2D eigenvalue weighted by Gasteiger charge is -2.44. The van der Waals surface area contributed by atoms with Crippen molar-refractivity contribution in [3.05, 3.63) is 47.6 Å². The predicted octanol–water partition coefficient (Wildman–Crippen LogP) is 7.64. The molecular formula is C28H44O. The summed E-state index contributed by atoms with van der Waals surface area (Å²) in [6, 6.07) is 0. The normalized spacial score (nSPS) is 38.2. The van der Waals surface area contributed by atoms with E-state index in [0.717, 1.165) is 37.0 Å². The number of fused-ring (bicyclic) bond motifs is 1. The van der Waals surface area contributed by atoms with Gasteiger partial charge in [0.2, 0.25) is 0 Å². The average molecular weight is 397 g/mol. The first-order chi connectivity index (χ1) is 13.7. The van der Waals surface area contributed by atoms with E-state index in [-0.39, 0.29) is 6.10 Å². The van der Waals surface area contributed by atoms with E-state index in [1.54, 1.807) is 5.57 Å². The van der Waals surface area contributed by atoms with Crippen molar-refractivity contribution in [3.8, 4) is 0 Å². The van der Waals surface area contributed by atoms with Crippen LogP contribution in [0.15, 0.2) is 47.6 Å². The van der Waals surface area contributed by atoms with Crippen LogP contribution in [0.3, 0.4) is 0 Å². The van der Waals surface area contributed by atoms with Crippen LogP contribution < -0.4 is 0 Å². The molecule has 3 saturated carbocycles. The molecule has 0 unspecified atom stereocenters. The second kappa shape index (κ2) is 9.38. The van der Waals surface area contributed by atoms with E-state index in [9.17, 15) is 5.11 Å². The maximum absolute atomic E-state index is 10.0. The maximum atomic E-state index is 10.0. The number of hydrogen-bond acceptors (Lipinski definition) is 1. The Morgan fingerprint density at radius 2 is 1.79 bits per heavy atom. The van der Waals surface area contributed by atoms with Gasteiger partial charge in [0.1, 0.15) is 0 Å². The first-order valence-electron chi connectivity index (χ1n) is 12.2. The van der Waals surface area contributed by atoms with Gasteiger partial charge in [-0.15, -0.1) is 0 Å². The molecule has 0 heterocycles. The second-order valence-electron chi connectivity index (χ2n) is 10.9. The van der Waals surface area contributed by atoms with E-state index in [4.69, 9.17) is 0 Å². The molecular weight excluding hydrogens is 352 g/mol. The SMILES string of the molecule is C=C1CC[C@H](O)C/C1=C/C=C1\CCC[C@]2(C)[C@@H]1CC[C@H]2[C@H](C)/C=C/[C@H](C)C(C)C. The molecule has 3 aliphatic carbocycles. The molecule has 0 aromatic heterocycles. The Kier molecular flexibility index (Phi) is 7.31. The molecule has 1 nitrogen and oxygen atoms in total. The summed E-state index contributed by atoms with van der Waals surface area (Å²) < 4.78 is 0. The van der Waals surface area contributed by atoms with E-state index in [2.05, 4.69) is 65.5 Å². The van der Waals surface area contributed by atoms with Crippen LogP contribution in [0.1, 0.15) is 86.0 Å². The van der Waals surface area contributed by atoms with Crippen LogP contribution in [0.5, 0.6) is 0 Å². The highest BCUT2D eigenvalue weighted by molar-refractivity contribution is 5.36. The van der Waals surface area contributed by atoms with Gasteiger partial charge in [-0.3, -0.25) is 0 Å². The second-order valence-corrected chi connectivity index (χ2v) is 10.9. The maximum Gasteiger partial charge on any atom is 0.0583 e. The summed E-state index contributed by atoms with van der Waals surface area (Å²) in [5, 5.41) is 10.0. The van der Waals surface area contributed by atoms with Gasteiger partial charge >= 0.3 is 0 Å². The third kappa shape index (κ3) is 4.98. The molecule has 3 rings (SSSR count). The average Bonchev–Trinajstić information content (AvgIpc) is 3.04. The minimum atomic E-state index is -0.182. The van der Waals surface area contributed by atoms with Crippen molar-refractivity contribution in [1.29, 1.82) is 0 Å². The highest BCUT2D eigenvalue weighted by Gasteiger charge is 2.50. The monoisotopic (exact) mass is 396 g/mol. The van der Waals surface area contributed by atoms with Crippen LogP contribution in [-0.2, 0) is 0 Å². The smallest absolute Gasteiger partial charge is 0.0583 e. The summed E-state index contributed by atoms with van der Waals surface area (Å²) in [6.45, 7) is 16.3. The van der Waals surface area contributed by atoms with E-state index >= 15 is 0 Å². The third-order valence-electron chi connectivity index (χ3n) is 8.63. The standard InChI is InChI=1S/C28H44O/c1-19(2)20(3)9-10-22(5)26-15-16-27-23(8-7-17-28(26,27)6)12-13-24-18-25(29)14-11-21(24)4/h9-10,12-13,19-20,22,25-27,29H,4,7-8,11,14-18H2,1-3,5-6H3/b10-9+,23-12+,24-13-/t20-,22+,25-,26-,27+,28-/m0/s1. The fourth-order valence-corrected chi connectivity index (χ4v) is 6.25. The largest absolute Gasteiger partial charge is 0.393 e. The fraction of sp³-hybridized carbons (Fsp3) is 0.714. The van der Waals surface area contributed by atoms with Crippen LogP contribution in [-0.4, -0.2) is 11.2 Å². The van der Waals surface area contributed by atoms with Crippen LogP contribution in [0.25, 0.3) is 0 Å². The molecule has 3 aliphatic rings. The number of aliphatic hydroxyl groups is 1. The van der Waals surface area contributed by atoms with E-state index in [1.807, 2.05) is 0 Å². The molecule has 162 valence electrons. The molecule has 1 heteroatoms. The highest BCUT2D eigenvalue weighted by atomic mass is 16.3. The quantitative estimate of drug-likeness (QED) is 0.473. The molecule has 3 fully saturated rings. The van der Waals surface area contributed by atoms with Gasteiger partial charge in [-0.25, -0.2) is 0 Å². The van der Waals surface area contributed by atoms with Crippen molar-refractivity contribution in [2.24, 2.45) is 35.0 Å². The van der Waals surface area contributed by atoms with Gasteiger partial charge in [0, 0.05) is 0 Å². The summed E-state index contributed by atoms with van der Waals surface area (Å²) in [5.74, 6) is 3.58. The van der Waals surface area contributed by atoms with Crippen molar-refractivity contribution in [1.82, 2.24) is 0 Å². The molecule has 0 aromatic rings. The zero-order valence-electron chi connectivity index (χ0n) is 19.6. The van der Waals surface area contributed by atoms with Crippen molar-refractivity contribution in [2.75, 3.05) is 0 Å². The molecule has 0 aliphatic heterocycles. The van der Waals surface area contributed by atoms with Gasteiger partial charge < -0.3 is 5.11 Å². The molecule has 0 bridgehead atoms. The van der Waals surface area contributed by atoms with E-state index in [1.165, 1.54) is 43.3 Å². The van der Waals surface area contributed by atoms with Gasteiger partial charge in [-0.05, 0) is 91.9 Å². The van der Waals surface area contributed by atoms with Gasteiger partial charge in [0.05, 0.1) is 6.10 Å². The predicted molar refractivity (Wildman–Crippen MR) is 126 cm³/mol. The Morgan fingerprint density at radius 3 is 2.52 bits per heavy atom. The summed E-state index contributed by atoms with van der Waals surface area (Å²) in [7, 11) is 0. The van der Waals surface area contributed by atoms with Crippen LogP contribution >= 0.6 is 0 Å². The summed E-state index contributed by atoms with van der Waals surface area (Å²) >= 11 is 0. The van der Waals surface area contributed by atoms with Crippen molar-refractivity contribution in [3.63, 3.8) is 0 Å². The van der Waals surface area contributed by atoms with Crippen molar-refractivity contribution >= 4 is 0 Å². The molecule has 29 heavy (non-hydrogen) atoms. The van der Waals surface area contributed by atoms with Gasteiger partial charge in [-0.2, -0.15) is 0 Å². The number of rotatable bonds is 5. The Labute approximate surface area is 180 Å². The summed E-state index contributed by atoms with van der Waals surface area (Å²) in [6.07, 6.45) is 18.8. The van der Waals surface area contributed by atoms with Gasteiger partial charge in [0.25, 0.3) is 0 Å². The lowest BCUT2D eigenvalue weighted by molar-refractivity contribution is 0.112. The molecule has 1 N–H and O–H groups in total. The minimum Gasteiger partial charge on any atom is -0.393 e. The number of aliphatic hydroxyl groups excluding tert-OH is 1. The first-order valence-corrected chi connectivity index (χ1v) is 12.2. The molecule has 0 spiro atoms. The van der Waals surface area contributed by atoms with Crippen molar-refractivity contribution < 1.29 is 5.11 Å². The van der Waals surface area contributed by atoms with Crippen LogP contribution in [0.2, 0.25) is 0 Å². The number of allylic oxidation sites excluding steroid dienone is 6. The van der Waals surface area contributed by atoms with Gasteiger partial charge in [-0.1, -0.05) is 76.6 Å². The molecule has 0 saturated heterocycles. The van der Waals surface area contributed by atoms with Crippen LogP contribution in [0.4, 0.5) is 0 Å². The zero-order chi connectivity index (χ0) is 21.2. The summed E-state index contributed by atoms with van der Waals surface area (Å²) in [5.41, 5.74) is 4.61. The van der Waals surface area contributed by atoms with Gasteiger partial charge in [0.15, 0.2) is 0 Å². The summed E-state index contributed by atoms with van der Waals surface area (Å²) in [4.78, 5) is 0. The first kappa shape index (κ1) is 22.6. The van der Waals surface area contributed by atoms with E-state index < -0.39 is 0 Å². The Balaban J connectivity index is 1.75. The fourth-order valence-electron chi connectivity index (χ4n) is 6.25. The molecule has 0 radical (unpaired) electrons. The lowest BCUT2D eigenvalue weighted by Crippen LogP contribution is -2.35. The molecule has 0 aromatic carbocycles. The number of hydrogen-bond donors (Lipinski definition) is 1.